The Kier molecular flexibility index (Phi) is 4.48. The standard InChI is InChI=1S/C24H24N6O3/c1-13-17-7-15(32-2)5-6-16(17)22(11-33-13)30(14-3-4-14)24(31)18-8-20-19(9-27-18)28-23(25)21-10-26-12-29(20)21/h5-10,12-14,22H,3-4,11H2,1-2H3,(H2,25,28)/t13-,22-/m1/s1. The van der Waals surface area contributed by atoms with Crippen molar-refractivity contribution in [1.29, 1.82) is 0 Å². The minimum Gasteiger partial charge on any atom is -0.497 e. The zero-order valence-corrected chi connectivity index (χ0v) is 18.4. The van der Waals surface area contributed by atoms with E-state index in [2.05, 4.69) is 21.0 Å². The molecule has 2 aliphatic rings. The number of carbonyl (C=O) groups is 1. The Morgan fingerprint density at radius 3 is 2.85 bits per heavy atom. The van der Waals surface area contributed by atoms with Gasteiger partial charge in [0.15, 0.2) is 0 Å². The molecule has 3 aromatic heterocycles. The molecular weight excluding hydrogens is 420 g/mol. The minimum absolute atomic E-state index is 0.0626. The molecule has 1 aliphatic carbocycles. The first-order valence-electron chi connectivity index (χ1n) is 11.0. The van der Waals surface area contributed by atoms with E-state index in [-0.39, 0.29) is 24.1 Å². The van der Waals surface area contributed by atoms with E-state index in [1.165, 1.54) is 0 Å². The van der Waals surface area contributed by atoms with Gasteiger partial charge in [0.25, 0.3) is 5.91 Å². The number of benzene rings is 1. The van der Waals surface area contributed by atoms with Crippen LogP contribution in [0.15, 0.2) is 43.0 Å². The maximum absolute atomic E-state index is 13.8. The first kappa shape index (κ1) is 19.9. The number of methoxy groups -OCH3 is 1. The number of nitrogens with two attached hydrogens (primary N) is 1. The lowest BCUT2D eigenvalue weighted by Crippen LogP contribution is -2.41. The summed E-state index contributed by atoms with van der Waals surface area (Å²) in [5, 5.41) is 0. The normalized spacial score (nSPS) is 20.1. The number of ether oxygens (including phenoxy) is 2. The average Bonchev–Trinajstić information content (AvgIpc) is 3.54. The van der Waals surface area contributed by atoms with Crippen molar-refractivity contribution in [2.45, 2.75) is 38.0 Å². The zero-order valence-electron chi connectivity index (χ0n) is 18.4. The molecule has 6 rings (SSSR count). The second kappa shape index (κ2) is 7.41. The third-order valence-corrected chi connectivity index (χ3v) is 6.59. The topological polar surface area (TPSA) is 108 Å². The monoisotopic (exact) mass is 444 g/mol. The number of nitrogens with zero attached hydrogens (tertiary/aromatic N) is 5. The average molecular weight is 444 g/mol. The van der Waals surface area contributed by atoms with Crippen LogP contribution in [0.1, 0.15) is 53.5 Å². The van der Waals surface area contributed by atoms with Gasteiger partial charge in [0.1, 0.15) is 28.3 Å². The van der Waals surface area contributed by atoms with E-state index in [9.17, 15) is 4.79 Å². The fourth-order valence-corrected chi connectivity index (χ4v) is 4.72. The van der Waals surface area contributed by atoms with E-state index in [1.54, 1.807) is 31.9 Å². The molecule has 33 heavy (non-hydrogen) atoms. The van der Waals surface area contributed by atoms with Crippen LogP contribution in [0, 0.1) is 0 Å². The number of rotatable bonds is 4. The summed E-state index contributed by atoms with van der Waals surface area (Å²) in [7, 11) is 1.65. The Bertz CT molecular complexity index is 1400. The van der Waals surface area contributed by atoms with E-state index in [1.807, 2.05) is 28.4 Å². The van der Waals surface area contributed by atoms with Crippen LogP contribution in [0.3, 0.4) is 0 Å². The summed E-state index contributed by atoms with van der Waals surface area (Å²) in [4.78, 5) is 28.8. The molecule has 2 atom stereocenters. The van der Waals surface area contributed by atoms with E-state index in [0.717, 1.165) is 35.2 Å². The number of hydrogen-bond acceptors (Lipinski definition) is 7. The summed E-state index contributed by atoms with van der Waals surface area (Å²) in [6, 6.07) is 7.76. The molecule has 1 aliphatic heterocycles. The summed E-state index contributed by atoms with van der Waals surface area (Å²) in [5.41, 5.74) is 10.6. The molecule has 1 aromatic carbocycles. The Labute approximate surface area is 190 Å². The van der Waals surface area contributed by atoms with Crippen LogP contribution in [0.25, 0.3) is 16.6 Å². The molecule has 0 radical (unpaired) electrons. The molecule has 9 heteroatoms. The van der Waals surface area contributed by atoms with Gasteiger partial charge in [0.2, 0.25) is 0 Å². The fraction of sp³-hybridized carbons (Fsp3) is 0.333. The van der Waals surface area contributed by atoms with Gasteiger partial charge in [0.05, 0.1) is 50.1 Å². The van der Waals surface area contributed by atoms with Gasteiger partial charge in [-0.25, -0.2) is 15.0 Å². The van der Waals surface area contributed by atoms with Crippen LogP contribution in [0.4, 0.5) is 5.82 Å². The van der Waals surface area contributed by atoms with Crippen LogP contribution in [-0.2, 0) is 4.74 Å². The van der Waals surface area contributed by atoms with E-state index >= 15 is 0 Å². The molecule has 1 fully saturated rings. The number of imidazole rings is 1. The highest BCUT2D eigenvalue weighted by Gasteiger charge is 2.42. The second-order valence-electron chi connectivity index (χ2n) is 8.63. The first-order valence-corrected chi connectivity index (χ1v) is 11.0. The highest BCUT2D eigenvalue weighted by Crippen LogP contribution is 2.42. The first-order chi connectivity index (χ1) is 16.0. The van der Waals surface area contributed by atoms with Gasteiger partial charge in [-0.2, -0.15) is 0 Å². The van der Waals surface area contributed by atoms with Crippen LogP contribution >= 0.6 is 0 Å². The molecule has 0 unspecified atom stereocenters. The fourth-order valence-electron chi connectivity index (χ4n) is 4.72. The smallest absolute Gasteiger partial charge is 0.273 e. The highest BCUT2D eigenvalue weighted by atomic mass is 16.5. The zero-order chi connectivity index (χ0) is 22.7. The third-order valence-electron chi connectivity index (χ3n) is 6.59. The number of nitrogen functional groups attached to an aromatic ring is 1. The summed E-state index contributed by atoms with van der Waals surface area (Å²) in [6.45, 7) is 2.47. The number of carbonyl (C=O) groups excluding carboxylic acids is 1. The van der Waals surface area contributed by atoms with E-state index < -0.39 is 0 Å². The van der Waals surface area contributed by atoms with Crippen molar-refractivity contribution in [3.8, 4) is 5.75 Å². The molecule has 2 N–H and O–H groups in total. The Hall–Kier alpha value is -3.72. The number of anilines is 1. The lowest BCUT2D eigenvalue weighted by atomic mass is 9.93. The second-order valence-corrected chi connectivity index (χ2v) is 8.63. The number of pyridine rings is 1. The number of amides is 1. The lowest BCUT2D eigenvalue weighted by molar-refractivity contribution is -0.00308. The minimum atomic E-state index is -0.183. The quantitative estimate of drug-likeness (QED) is 0.514. The molecule has 1 saturated carbocycles. The van der Waals surface area contributed by atoms with Gasteiger partial charge >= 0.3 is 0 Å². The predicted molar refractivity (Wildman–Crippen MR) is 122 cm³/mol. The Morgan fingerprint density at radius 2 is 2.06 bits per heavy atom. The van der Waals surface area contributed by atoms with Crippen molar-refractivity contribution in [3.05, 3.63) is 59.8 Å². The Morgan fingerprint density at radius 1 is 1.21 bits per heavy atom. The number of fused-ring (bicyclic) bond motifs is 4. The van der Waals surface area contributed by atoms with Crippen molar-refractivity contribution in [2.75, 3.05) is 19.5 Å². The molecule has 168 valence electrons. The third kappa shape index (κ3) is 3.19. The maximum Gasteiger partial charge on any atom is 0.273 e. The van der Waals surface area contributed by atoms with Crippen molar-refractivity contribution < 1.29 is 14.3 Å². The van der Waals surface area contributed by atoms with E-state index in [4.69, 9.17) is 15.2 Å². The molecule has 0 bridgehead atoms. The summed E-state index contributed by atoms with van der Waals surface area (Å²) in [5.74, 6) is 1.04. The van der Waals surface area contributed by atoms with Crippen LogP contribution in [0.2, 0.25) is 0 Å². The molecule has 0 spiro atoms. The van der Waals surface area contributed by atoms with Crippen molar-refractivity contribution >= 4 is 28.3 Å². The SMILES string of the molecule is COc1ccc2c(c1)[C@@H](C)OC[C@H]2N(C(=O)c1cc2c(cn1)nc(N)c1cncn12)C1CC1. The van der Waals surface area contributed by atoms with Crippen LogP contribution < -0.4 is 10.5 Å². The van der Waals surface area contributed by atoms with Crippen molar-refractivity contribution in [3.63, 3.8) is 0 Å². The highest BCUT2D eigenvalue weighted by molar-refractivity contribution is 5.96. The van der Waals surface area contributed by atoms with Crippen molar-refractivity contribution in [2.24, 2.45) is 0 Å². The van der Waals surface area contributed by atoms with Gasteiger partial charge in [-0.1, -0.05) is 6.07 Å². The van der Waals surface area contributed by atoms with Gasteiger partial charge in [-0.3, -0.25) is 9.20 Å². The number of aromatic nitrogens is 4. The predicted octanol–water partition coefficient (Wildman–Crippen LogP) is 3.31. The lowest BCUT2D eigenvalue weighted by Gasteiger charge is -2.38. The van der Waals surface area contributed by atoms with Crippen molar-refractivity contribution in [1.82, 2.24) is 24.3 Å². The van der Waals surface area contributed by atoms with Gasteiger partial charge in [-0.15, -0.1) is 0 Å². The molecule has 1 amide bonds. The molecular formula is C24H24N6O3. The summed E-state index contributed by atoms with van der Waals surface area (Å²) >= 11 is 0. The molecule has 4 aromatic rings. The van der Waals surface area contributed by atoms with Crippen LogP contribution in [0.5, 0.6) is 5.75 Å². The summed E-state index contributed by atoms with van der Waals surface area (Å²) in [6.07, 6.45) is 6.81. The van der Waals surface area contributed by atoms with E-state index in [0.29, 0.717) is 29.2 Å². The van der Waals surface area contributed by atoms with Crippen LogP contribution in [-0.4, -0.2) is 49.9 Å². The van der Waals surface area contributed by atoms with Gasteiger partial charge in [-0.05, 0) is 49.1 Å². The van der Waals surface area contributed by atoms with Gasteiger partial charge in [0, 0.05) is 6.04 Å². The summed E-state index contributed by atoms with van der Waals surface area (Å²) < 4.78 is 13.3. The molecule has 9 nitrogen and oxygen atoms in total. The maximum atomic E-state index is 13.8. The number of hydrogen-bond donors (Lipinski definition) is 1. The van der Waals surface area contributed by atoms with Gasteiger partial charge < -0.3 is 20.1 Å². The molecule has 4 heterocycles. The Balaban J connectivity index is 1.43. The largest absolute Gasteiger partial charge is 0.497 e. The molecule has 0 saturated heterocycles.